The standard InChI is InChI=1S/C17H20N2O3/c1-12(17(20)21)19(2)11-15-10-14(4-5-16(15)22-3)13-6-8-18-9-7-13/h4-10,12H,11H2,1-3H3,(H,20,21). The van der Waals surface area contributed by atoms with E-state index in [0.29, 0.717) is 6.54 Å². The van der Waals surface area contributed by atoms with E-state index in [1.165, 1.54) is 0 Å². The Kier molecular flexibility index (Phi) is 5.12. The number of likely N-dealkylation sites (N-methyl/N-ethyl adjacent to an activating group) is 1. The maximum Gasteiger partial charge on any atom is 0.320 e. The first kappa shape index (κ1) is 16.0. The van der Waals surface area contributed by atoms with Crippen LogP contribution in [0.5, 0.6) is 5.75 Å². The van der Waals surface area contributed by atoms with Gasteiger partial charge in [-0.3, -0.25) is 14.7 Å². The highest BCUT2D eigenvalue weighted by Gasteiger charge is 2.18. The lowest BCUT2D eigenvalue weighted by atomic mass is 10.0. The van der Waals surface area contributed by atoms with Crippen LogP contribution in [0.1, 0.15) is 12.5 Å². The summed E-state index contributed by atoms with van der Waals surface area (Å²) in [5.41, 5.74) is 3.06. The number of methoxy groups -OCH3 is 1. The van der Waals surface area contributed by atoms with Gasteiger partial charge in [0.1, 0.15) is 11.8 Å². The Morgan fingerprint density at radius 1 is 1.27 bits per heavy atom. The Balaban J connectivity index is 2.31. The summed E-state index contributed by atoms with van der Waals surface area (Å²) in [7, 11) is 3.41. The van der Waals surface area contributed by atoms with Crippen molar-refractivity contribution < 1.29 is 14.6 Å². The quantitative estimate of drug-likeness (QED) is 0.888. The van der Waals surface area contributed by atoms with Gasteiger partial charge in [-0.15, -0.1) is 0 Å². The molecule has 5 nitrogen and oxygen atoms in total. The third-order valence-electron chi connectivity index (χ3n) is 3.73. The number of pyridine rings is 1. The lowest BCUT2D eigenvalue weighted by molar-refractivity contribution is -0.142. The number of rotatable bonds is 6. The second-order valence-electron chi connectivity index (χ2n) is 5.19. The zero-order valence-electron chi connectivity index (χ0n) is 13.0. The van der Waals surface area contributed by atoms with Crippen molar-refractivity contribution in [2.45, 2.75) is 19.5 Å². The lowest BCUT2D eigenvalue weighted by Gasteiger charge is -2.22. The topological polar surface area (TPSA) is 62.7 Å². The molecule has 0 amide bonds. The monoisotopic (exact) mass is 300 g/mol. The van der Waals surface area contributed by atoms with Gasteiger partial charge in [0, 0.05) is 24.5 Å². The minimum absolute atomic E-state index is 0.496. The molecular weight excluding hydrogens is 280 g/mol. The highest BCUT2D eigenvalue weighted by atomic mass is 16.5. The molecule has 0 saturated heterocycles. The van der Waals surface area contributed by atoms with Gasteiger partial charge in [-0.25, -0.2) is 0 Å². The number of carboxylic acids is 1. The molecular formula is C17H20N2O3. The van der Waals surface area contributed by atoms with E-state index < -0.39 is 12.0 Å². The molecule has 116 valence electrons. The molecule has 2 rings (SSSR count). The van der Waals surface area contributed by atoms with Crippen molar-refractivity contribution in [1.82, 2.24) is 9.88 Å². The average molecular weight is 300 g/mol. The second-order valence-corrected chi connectivity index (χ2v) is 5.19. The second kappa shape index (κ2) is 7.04. The Labute approximate surface area is 130 Å². The number of aliphatic carboxylic acids is 1. The summed E-state index contributed by atoms with van der Waals surface area (Å²) in [6.45, 7) is 2.16. The largest absolute Gasteiger partial charge is 0.496 e. The van der Waals surface area contributed by atoms with Crippen LogP contribution in [-0.2, 0) is 11.3 Å². The van der Waals surface area contributed by atoms with Crippen LogP contribution in [0, 0.1) is 0 Å². The molecule has 0 spiro atoms. The molecule has 1 unspecified atom stereocenters. The van der Waals surface area contributed by atoms with Gasteiger partial charge < -0.3 is 9.84 Å². The first-order valence-corrected chi connectivity index (χ1v) is 7.03. The predicted octanol–water partition coefficient (Wildman–Crippen LogP) is 2.66. The number of hydrogen-bond acceptors (Lipinski definition) is 4. The van der Waals surface area contributed by atoms with Crippen molar-refractivity contribution in [3.8, 4) is 16.9 Å². The third kappa shape index (κ3) is 3.62. The predicted molar refractivity (Wildman–Crippen MR) is 84.8 cm³/mol. The summed E-state index contributed by atoms with van der Waals surface area (Å²) in [5, 5.41) is 9.11. The fourth-order valence-corrected chi connectivity index (χ4v) is 2.22. The normalized spacial score (nSPS) is 12.2. The van der Waals surface area contributed by atoms with E-state index in [2.05, 4.69) is 4.98 Å². The van der Waals surface area contributed by atoms with Gasteiger partial charge in [-0.05, 0) is 49.4 Å². The minimum atomic E-state index is -0.841. The molecule has 2 aromatic rings. The van der Waals surface area contributed by atoms with Crippen molar-refractivity contribution in [2.24, 2.45) is 0 Å². The molecule has 1 heterocycles. The molecule has 0 radical (unpaired) electrons. The summed E-state index contributed by atoms with van der Waals surface area (Å²) in [5.74, 6) is -0.0889. The molecule has 1 aromatic carbocycles. The molecule has 5 heteroatoms. The van der Waals surface area contributed by atoms with E-state index in [1.807, 2.05) is 30.3 Å². The van der Waals surface area contributed by atoms with E-state index in [-0.39, 0.29) is 0 Å². The molecule has 22 heavy (non-hydrogen) atoms. The fraction of sp³-hybridized carbons (Fsp3) is 0.294. The molecule has 0 aliphatic rings. The van der Waals surface area contributed by atoms with Crippen molar-refractivity contribution in [1.29, 1.82) is 0 Å². The number of hydrogen-bond donors (Lipinski definition) is 1. The number of nitrogens with zero attached hydrogens (tertiary/aromatic N) is 2. The van der Waals surface area contributed by atoms with Crippen LogP contribution < -0.4 is 4.74 Å². The van der Waals surface area contributed by atoms with Crippen LogP contribution in [0.3, 0.4) is 0 Å². The van der Waals surface area contributed by atoms with Crippen molar-refractivity contribution in [3.63, 3.8) is 0 Å². The molecule has 0 saturated carbocycles. The third-order valence-corrected chi connectivity index (χ3v) is 3.73. The van der Waals surface area contributed by atoms with Crippen molar-refractivity contribution >= 4 is 5.97 Å². The lowest BCUT2D eigenvalue weighted by Crippen LogP contribution is -2.35. The van der Waals surface area contributed by atoms with Crippen molar-refractivity contribution in [3.05, 3.63) is 48.3 Å². The number of carboxylic acid groups (broad SMARTS) is 1. The summed E-state index contributed by atoms with van der Waals surface area (Å²) in [4.78, 5) is 16.9. The van der Waals surface area contributed by atoms with Crippen LogP contribution in [0.4, 0.5) is 0 Å². The highest BCUT2D eigenvalue weighted by molar-refractivity contribution is 5.73. The zero-order valence-corrected chi connectivity index (χ0v) is 13.0. The van der Waals surface area contributed by atoms with E-state index in [0.717, 1.165) is 22.4 Å². The Bertz CT molecular complexity index is 644. The highest BCUT2D eigenvalue weighted by Crippen LogP contribution is 2.27. The molecule has 1 N–H and O–H groups in total. The van der Waals surface area contributed by atoms with E-state index in [9.17, 15) is 4.79 Å². The maximum atomic E-state index is 11.1. The molecule has 0 aliphatic carbocycles. The number of carbonyl (C=O) groups is 1. The molecule has 0 bridgehead atoms. The van der Waals surface area contributed by atoms with Crippen LogP contribution in [0.15, 0.2) is 42.7 Å². The number of aromatic nitrogens is 1. The molecule has 1 aromatic heterocycles. The van der Waals surface area contributed by atoms with Gasteiger partial charge >= 0.3 is 5.97 Å². The van der Waals surface area contributed by atoms with Crippen LogP contribution >= 0.6 is 0 Å². The number of benzene rings is 1. The SMILES string of the molecule is COc1ccc(-c2ccncc2)cc1CN(C)C(C)C(=O)O. The van der Waals surface area contributed by atoms with Crippen LogP contribution in [0.2, 0.25) is 0 Å². The Morgan fingerprint density at radius 2 is 1.95 bits per heavy atom. The van der Waals surface area contributed by atoms with E-state index in [1.54, 1.807) is 38.4 Å². The molecule has 0 aliphatic heterocycles. The van der Waals surface area contributed by atoms with Gasteiger partial charge in [0.15, 0.2) is 0 Å². The van der Waals surface area contributed by atoms with Crippen molar-refractivity contribution in [2.75, 3.05) is 14.2 Å². The fourth-order valence-electron chi connectivity index (χ4n) is 2.22. The first-order chi connectivity index (χ1) is 10.5. The minimum Gasteiger partial charge on any atom is -0.496 e. The summed E-state index contributed by atoms with van der Waals surface area (Å²) in [6, 6.07) is 9.24. The smallest absolute Gasteiger partial charge is 0.320 e. The van der Waals surface area contributed by atoms with Crippen LogP contribution in [-0.4, -0.2) is 41.2 Å². The van der Waals surface area contributed by atoms with Gasteiger partial charge in [0.2, 0.25) is 0 Å². The maximum absolute atomic E-state index is 11.1. The first-order valence-electron chi connectivity index (χ1n) is 7.03. The van der Waals surface area contributed by atoms with Gasteiger partial charge in [-0.2, -0.15) is 0 Å². The van der Waals surface area contributed by atoms with Crippen LogP contribution in [0.25, 0.3) is 11.1 Å². The molecule has 1 atom stereocenters. The number of ether oxygens (including phenoxy) is 1. The average Bonchev–Trinajstić information content (AvgIpc) is 2.54. The zero-order chi connectivity index (χ0) is 16.1. The summed E-state index contributed by atoms with van der Waals surface area (Å²) in [6.07, 6.45) is 3.50. The Morgan fingerprint density at radius 3 is 2.55 bits per heavy atom. The summed E-state index contributed by atoms with van der Waals surface area (Å²) >= 11 is 0. The van der Waals surface area contributed by atoms with Gasteiger partial charge in [-0.1, -0.05) is 6.07 Å². The molecule has 0 fully saturated rings. The van der Waals surface area contributed by atoms with Gasteiger partial charge in [0.05, 0.1) is 7.11 Å². The summed E-state index contributed by atoms with van der Waals surface area (Å²) < 4.78 is 5.39. The van der Waals surface area contributed by atoms with E-state index in [4.69, 9.17) is 9.84 Å². The Hall–Kier alpha value is -2.40. The van der Waals surface area contributed by atoms with Gasteiger partial charge in [0.25, 0.3) is 0 Å². The van der Waals surface area contributed by atoms with E-state index >= 15 is 0 Å².